The first-order chi connectivity index (χ1) is 12.1. The Hall–Kier alpha value is -2.29. The molecule has 0 saturated heterocycles. The molecule has 9 heteroatoms. The molecule has 4 N–H and O–H groups in total. The lowest BCUT2D eigenvalue weighted by atomic mass is 10.2. The second kappa shape index (κ2) is 9.87. The van der Waals surface area contributed by atoms with Gasteiger partial charge in [0.25, 0.3) is 0 Å². The van der Waals surface area contributed by atoms with Gasteiger partial charge in [-0.25, -0.2) is 4.98 Å². The van der Waals surface area contributed by atoms with Gasteiger partial charge in [0.2, 0.25) is 5.95 Å². The minimum Gasteiger partial charge on any atom is -0.615 e. The molecule has 1 unspecified atom stereocenters. The highest BCUT2D eigenvalue weighted by Gasteiger charge is 2.06. The average molecular weight is 379 g/mol. The van der Waals surface area contributed by atoms with Crippen LogP contribution < -0.4 is 16.0 Å². The summed E-state index contributed by atoms with van der Waals surface area (Å²) >= 11 is 5.15. The van der Waals surface area contributed by atoms with Crippen LogP contribution in [0.15, 0.2) is 48.4 Å². The Bertz CT molecular complexity index is 726. The summed E-state index contributed by atoms with van der Waals surface area (Å²) in [7, 11) is 0. The molecule has 0 aliphatic rings. The Morgan fingerprint density at radius 1 is 1.36 bits per heavy atom. The van der Waals surface area contributed by atoms with Crippen LogP contribution in [0.5, 0.6) is 0 Å². The summed E-state index contributed by atoms with van der Waals surface area (Å²) in [6, 6.07) is 9.88. The number of hydrogen-bond acceptors (Lipinski definition) is 7. The van der Waals surface area contributed by atoms with Gasteiger partial charge in [-0.15, -0.1) is 0 Å². The quantitative estimate of drug-likeness (QED) is 0.394. The van der Waals surface area contributed by atoms with Gasteiger partial charge in [-0.1, -0.05) is 41.9 Å². The standard InChI is InChI=1S/C16H19ClN6OS/c1-25(24)11-19-9-13(7-18)22-16-21-10-14(17)15(23-16)20-8-12-5-3-2-4-6-12/h2-7,9-10,18-19H,8,11H2,1H3,(H2,20,21,22,23)/b13-9+,18-7?. The molecule has 1 heterocycles. The Balaban J connectivity index is 2.03. The van der Waals surface area contributed by atoms with E-state index in [9.17, 15) is 4.55 Å². The van der Waals surface area contributed by atoms with Gasteiger partial charge in [0, 0.05) is 19.0 Å². The van der Waals surface area contributed by atoms with Crippen molar-refractivity contribution in [3.8, 4) is 0 Å². The van der Waals surface area contributed by atoms with Crippen molar-refractivity contribution in [1.82, 2.24) is 15.3 Å². The number of benzene rings is 1. The maximum absolute atomic E-state index is 11.0. The fraction of sp³-hybridized carbons (Fsp3) is 0.188. The number of anilines is 2. The van der Waals surface area contributed by atoms with E-state index >= 15 is 0 Å². The minimum absolute atomic E-state index is 0.296. The normalized spacial score (nSPS) is 12.4. The minimum atomic E-state index is -0.975. The van der Waals surface area contributed by atoms with Gasteiger partial charge in [0.15, 0.2) is 11.7 Å². The molecule has 0 radical (unpaired) electrons. The van der Waals surface area contributed by atoms with Gasteiger partial charge in [0.05, 0.1) is 18.1 Å². The maximum atomic E-state index is 11.0. The average Bonchev–Trinajstić information content (AvgIpc) is 2.61. The van der Waals surface area contributed by atoms with Crippen molar-refractivity contribution in [3.05, 3.63) is 59.0 Å². The number of nitrogens with one attached hydrogen (secondary N) is 4. The first-order valence-electron chi connectivity index (χ1n) is 7.40. The lowest BCUT2D eigenvalue weighted by molar-refractivity contribution is 0.597. The highest BCUT2D eigenvalue weighted by Crippen LogP contribution is 2.20. The molecule has 1 atom stereocenters. The largest absolute Gasteiger partial charge is 0.615 e. The fourth-order valence-electron chi connectivity index (χ4n) is 1.84. The van der Waals surface area contributed by atoms with Crippen molar-refractivity contribution < 1.29 is 4.55 Å². The summed E-state index contributed by atoms with van der Waals surface area (Å²) in [5, 5.41) is 16.7. The van der Waals surface area contributed by atoms with E-state index in [1.807, 2.05) is 30.3 Å². The second-order valence-electron chi connectivity index (χ2n) is 5.02. The van der Waals surface area contributed by atoms with Crippen molar-refractivity contribution in [2.45, 2.75) is 6.54 Å². The predicted molar refractivity (Wildman–Crippen MR) is 103 cm³/mol. The first-order valence-corrected chi connectivity index (χ1v) is 9.50. The third-order valence-corrected chi connectivity index (χ3v) is 3.85. The SMILES string of the molecule is C[S+]([O-])CN/C=C(\C=N)Nc1ncc(Cl)c(NCc2ccccc2)n1. The van der Waals surface area contributed by atoms with Gasteiger partial charge in [-0.05, 0) is 16.7 Å². The topological polar surface area (TPSA) is 109 Å². The molecule has 2 aromatic rings. The van der Waals surface area contributed by atoms with Crippen LogP contribution in [-0.4, -0.2) is 32.9 Å². The van der Waals surface area contributed by atoms with Crippen LogP contribution in [0.2, 0.25) is 5.02 Å². The summed E-state index contributed by atoms with van der Waals surface area (Å²) in [4.78, 5) is 8.42. The molecule has 1 aromatic heterocycles. The Kier molecular flexibility index (Phi) is 7.52. The van der Waals surface area contributed by atoms with E-state index in [1.54, 1.807) is 12.5 Å². The van der Waals surface area contributed by atoms with E-state index < -0.39 is 11.2 Å². The molecule has 0 fully saturated rings. The maximum Gasteiger partial charge on any atom is 0.229 e. The third-order valence-electron chi connectivity index (χ3n) is 3.00. The summed E-state index contributed by atoms with van der Waals surface area (Å²) in [6.45, 7) is 0.578. The molecule has 0 spiro atoms. The van der Waals surface area contributed by atoms with Crippen LogP contribution in [0, 0.1) is 5.41 Å². The molecular formula is C16H19ClN6OS. The lowest BCUT2D eigenvalue weighted by Crippen LogP contribution is -2.19. The van der Waals surface area contributed by atoms with Crippen molar-refractivity contribution in [3.63, 3.8) is 0 Å². The van der Waals surface area contributed by atoms with Crippen LogP contribution in [0.25, 0.3) is 0 Å². The van der Waals surface area contributed by atoms with Crippen molar-refractivity contribution in [1.29, 1.82) is 5.41 Å². The molecule has 0 bridgehead atoms. The van der Waals surface area contributed by atoms with Crippen LogP contribution in [-0.2, 0) is 17.7 Å². The van der Waals surface area contributed by atoms with E-state index in [0.29, 0.717) is 34.9 Å². The monoisotopic (exact) mass is 378 g/mol. The van der Waals surface area contributed by atoms with E-state index in [1.165, 1.54) is 6.20 Å². The highest BCUT2D eigenvalue weighted by molar-refractivity contribution is 7.90. The second-order valence-corrected chi connectivity index (χ2v) is 6.86. The zero-order valence-corrected chi connectivity index (χ0v) is 15.2. The van der Waals surface area contributed by atoms with E-state index in [4.69, 9.17) is 17.0 Å². The number of aromatic nitrogens is 2. The smallest absolute Gasteiger partial charge is 0.229 e. The molecule has 0 saturated carbocycles. The fourth-order valence-corrected chi connectivity index (χ4v) is 2.32. The van der Waals surface area contributed by atoms with Crippen LogP contribution in [0.1, 0.15) is 5.56 Å². The zero-order valence-electron chi connectivity index (χ0n) is 13.6. The van der Waals surface area contributed by atoms with Crippen molar-refractivity contribution in [2.24, 2.45) is 0 Å². The molecule has 1 aromatic carbocycles. The lowest BCUT2D eigenvalue weighted by Gasteiger charge is -2.11. The van der Waals surface area contributed by atoms with E-state index in [0.717, 1.165) is 11.8 Å². The van der Waals surface area contributed by atoms with Gasteiger partial charge in [-0.2, -0.15) is 4.98 Å². The van der Waals surface area contributed by atoms with Gasteiger partial charge >= 0.3 is 0 Å². The molecule has 0 aliphatic carbocycles. The van der Waals surface area contributed by atoms with Gasteiger partial charge < -0.3 is 25.9 Å². The molecule has 132 valence electrons. The molecule has 2 rings (SSSR count). The highest BCUT2D eigenvalue weighted by atomic mass is 35.5. The van der Waals surface area contributed by atoms with Gasteiger partial charge in [0.1, 0.15) is 5.02 Å². The van der Waals surface area contributed by atoms with Crippen LogP contribution in [0.4, 0.5) is 11.8 Å². The number of allylic oxidation sites excluding steroid dienone is 1. The Labute approximate surface area is 154 Å². The number of halogens is 1. The Morgan fingerprint density at radius 3 is 2.80 bits per heavy atom. The summed E-state index contributed by atoms with van der Waals surface area (Å²) in [5.74, 6) is 1.09. The molecule has 0 aliphatic heterocycles. The third kappa shape index (κ3) is 6.61. The predicted octanol–water partition coefficient (Wildman–Crippen LogP) is 2.57. The summed E-state index contributed by atoms with van der Waals surface area (Å²) < 4.78 is 11.0. The first kappa shape index (κ1) is 19.0. The number of hydrogen-bond donors (Lipinski definition) is 4. The molecule has 7 nitrogen and oxygen atoms in total. The van der Waals surface area contributed by atoms with Crippen molar-refractivity contribution in [2.75, 3.05) is 22.8 Å². The molecule has 0 amide bonds. The summed E-state index contributed by atoms with van der Waals surface area (Å²) in [6.07, 6.45) is 5.73. The molecular weight excluding hydrogens is 360 g/mol. The van der Waals surface area contributed by atoms with E-state index in [-0.39, 0.29) is 0 Å². The Morgan fingerprint density at radius 2 is 2.12 bits per heavy atom. The number of nitrogens with zero attached hydrogens (tertiary/aromatic N) is 2. The number of rotatable bonds is 9. The van der Waals surface area contributed by atoms with E-state index in [2.05, 4.69) is 25.9 Å². The molecule has 25 heavy (non-hydrogen) atoms. The van der Waals surface area contributed by atoms with Crippen LogP contribution >= 0.6 is 11.6 Å². The zero-order chi connectivity index (χ0) is 18.1. The van der Waals surface area contributed by atoms with Crippen molar-refractivity contribution >= 4 is 40.8 Å². The summed E-state index contributed by atoms with van der Waals surface area (Å²) in [5.41, 5.74) is 1.53. The van der Waals surface area contributed by atoms with Crippen LogP contribution in [0.3, 0.4) is 0 Å². The van der Waals surface area contributed by atoms with Gasteiger partial charge in [-0.3, -0.25) is 0 Å².